The molecule has 0 radical (unpaired) electrons. The Kier molecular flexibility index (Phi) is 4.39. The molecule has 1 aliphatic rings. The van der Waals surface area contributed by atoms with E-state index in [0.29, 0.717) is 11.3 Å². The van der Waals surface area contributed by atoms with Crippen LogP contribution in [-0.2, 0) is 0 Å². The van der Waals surface area contributed by atoms with Crippen LogP contribution in [0.4, 0.5) is 0 Å². The fourth-order valence-electron chi connectivity index (χ4n) is 2.38. The van der Waals surface area contributed by atoms with Crippen molar-refractivity contribution in [1.82, 2.24) is 9.80 Å². The van der Waals surface area contributed by atoms with Gasteiger partial charge < -0.3 is 9.64 Å². The Morgan fingerprint density at radius 1 is 1.35 bits per heavy atom. The van der Waals surface area contributed by atoms with Crippen LogP contribution in [0.3, 0.4) is 0 Å². The van der Waals surface area contributed by atoms with Gasteiger partial charge in [0.25, 0.3) is 5.91 Å². The number of ether oxygens (including phenoxy) is 1. The van der Waals surface area contributed by atoms with Gasteiger partial charge in [-0.3, -0.25) is 9.69 Å². The number of hydrogen-bond donors (Lipinski definition) is 0. The number of likely N-dealkylation sites (N-methyl/N-ethyl adjacent to an activating group) is 1. The van der Waals surface area contributed by atoms with Crippen LogP contribution in [0.5, 0.6) is 5.75 Å². The molecule has 0 unspecified atom stereocenters. The van der Waals surface area contributed by atoms with Gasteiger partial charge in [0.2, 0.25) is 0 Å². The largest absolute Gasteiger partial charge is 0.497 e. The van der Waals surface area contributed by atoms with Crippen molar-refractivity contribution in [3.63, 3.8) is 0 Å². The van der Waals surface area contributed by atoms with E-state index in [1.54, 1.807) is 13.2 Å². The highest BCUT2D eigenvalue weighted by molar-refractivity contribution is 9.10. The van der Waals surface area contributed by atoms with Gasteiger partial charge in [-0.25, -0.2) is 0 Å². The van der Waals surface area contributed by atoms with Crippen LogP contribution in [0.2, 0.25) is 0 Å². The molecule has 5 heteroatoms. The second kappa shape index (κ2) is 5.74. The van der Waals surface area contributed by atoms with Gasteiger partial charge in [0, 0.05) is 29.6 Å². The minimum Gasteiger partial charge on any atom is -0.497 e. The van der Waals surface area contributed by atoms with Crippen molar-refractivity contribution in [1.29, 1.82) is 0 Å². The molecule has 110 valence electrons. The van der Waals surface area contributed by atoms with Gasteiger partial charge in [-0.05, 0) is 55.0 Å². The molecule has 0 spiro atoms. The Hall–Kier alpha value is -1.07. The Morgan fingerprint density at radius 3 is 2.65 bits per heavy atom. The maximum absolute atomic E-state index is 12.7. The molecule has 1 aromatic carbocycles. The fraction of sp³-hybridized carbons (Fsp3) is 0.533. The van der Waals surface area contributed by atoms with Gasteiger partial charge in [-0.2, -0.15) is 0 Å². The zero-order valence-electron chi connectivity index (χ0n) is 12.4. The Balaban J connectivity index is 2.24. The number of nitrogens with zero attached hydrogens (tertiary/aromatic N) is 2. The minimum absolute atomic E-state index is 0.000741. The summed E-state index contributed by atoms with van der Waals surface area (Å²) in [5.41, 5.74) is 0.656. The van der Waals surface area contributed by atoms with E-state index in [0.717, 1.165) is 24.1 Å². The zero-order chi connectivity index (χ0) is 14.9. The highest BCUT2D eigenvalue weighted by atomic mass is 79.9. The molecular formula is C15H21BrN2O2. The SMILES string of the molecule is COc1ccc(Br)c(C(=O)N2CCN(C)C(C)(C)C2)c1. The summed E-state index contributed by atoms with van der Waals surface area (Å²) >= 11 is 3.45. The van der Waals surface area contributed by atoms with Crippen LogP contribution < -0.4 is 4.74 Å². The molecule has 1 saturated heterocycles. The van der Waals surface area contributed by atoms with Crippen molar-refractivity contribution in [3.8, 4) is 5.75 Å². The summed E-state index contributed by atoms with van der Waals surface area (Å²) in [5, 5.41) is 0. The van der Waals surface area contributed by atoms with E-state index >= 15 is 0 Å². The van der Waals surface area contributed by atoms with Gasteiger partial charge in [-0.15, -0.1) is 0 Å². The summed E-state index contributed by atoms with van der Waals surface area (Å²) in [7, 11) is 3.71. The van der Waals surface area contributed by atoms with Gasteiger partial charge in [0.1, 0.15) is 5.75 Å². The Morgan fingerprint density at radius 2 is 2.05 bits per heavy atom. The first-order chi connectivity index (χ1) is 9.35. The molecule has 1 heterocycles. The lowest BCUT2D eigenvalue weighted by Gasteiger charge is -2.45. The average Bonchev–Trinajstić information content (AvgIpc) is 2.41. The second-order valence-corrected chi connectivity index (χ2v) is 6.66. The summed E-state index contributed by atoms with van der Waals surface area (Å²) in [6.07, 6.45) is 0. The van der Waals surface area contributed by atoms with E-state index in [2.05, 4.69) is 41.7 Å². The molecule has 2 rings (SSSR count). The number of methoxy groups -OCH3 is 1. The highest BCUT2D eigenvalue weighted by Gasteiger charge is 2.34. The predicted molar refractivity (Wildman–Crippen MR) is 83.3 cm³/mol. The van der Waals surface area contributed by atoms with Crippen LogP contribution in [0.1, 0.15) is 24.2 Å². The lowest BCUT2D eigenvalue weighted by atomic mass is 9.99. The van der Waals surface area contributed by atoms with Crippen LogP contribution in [-0.4, -0.2) is 55.0 Å². The molecule has 0 aromatic heterocycles. The third kappa shape index (κ3) is 2.99. The standard InChI is InChI=1S/C15H21BrN2O2/c1-15(2)10-18(8-7-17(15)3)14(19)12-9-11(20-4)5-6-13(12)16/h5-6,9H,7-8,10H2,1-4H3. The first kappa shape index (κ1) is 15.3. The Bertz CT molecular complexity index is 517. The van der Waals surface area contributed by atoms with Gasteiger partial charge >= 0.3 is 0 Å². The van der Waals surface area contributed by atoms with Crippen LogP contribution >= 0.6 is 15.9 Å². The van der Waals surface area contributed by atoms with Crippen molar-refractivity contribution in [2.24, 2.45) is 0 Å². The van der Waals surface area contributed by atoms with Crippen molar-refractivity contribution in [3.05, 3.63) is 28.2 Å². The van der Waals surface area contributed by atoms with Crippen molar-refractivity contribution in [2.45, 2.75) is 19.4 Å². The van der Waals surface area contributed by atoms with E-state index < -0.39 is 0 Å². The number of carbonyl (C=O) groups excluding carboxylic acids is 1. The smallest absolute Gasteiger partial charge is 0.255 e. The molecule has 1 aromatic rings. The number of benzene rings is 1. The summed E-state index contributed by atoms with van der Waals surface area (Å²) < 4.78 is 6.01. The van der Waals surface area contributed by atoms with Crippen LogP contribution in [0.15, 0.2) is 22.7 Å². The van der Waals surface area contributed by atoms with E-state index in [9.17, 15) is 4.79 Å². The minimum atomic E-state index is -0.000741. The Labute approximate surface area is 128 Å². The van der Waals surface area contributed by atoms with Gasteiger partial charge in [-0.1, -0.05) is 0 Å². The van der Waals surface area contributed by atoms with Crippen molar-refractivity contribution < 1.29 is 9.53 Å². The lowest BCUT2D eigenvalue weighted by Crippen LogP contribution is -2.58. The quantitative estimate of drug-likeness (QED) is 0.829. The van der Waals surface area contributed by atoms with E-state index in [1.165, 1.54) is 0 Å². The third-order valence-electron chi connectivity index (χ3n) is 4.01. The monoisotopic (exact) mass is 340 g/mol. The summed E-state index contributed by atoms with van der Waals surface area (Å²) in [6.45, 7) is 6.69. The highest BCUT2D eigenvalue weighted by Crippen LogP contribution is 2.26. The average molecular weight is 341 g/mol. The topological polar surface area (TPSA) is 32.8 Å². The number of piperazine rings is 1. The molecule has 0 N–H and O–H groups in total. The maximum Gasteiger partial charge on any atom is 0.255 e. The molecule has 0 atom stereocenters. The summed E-state index contributed by atoms with van der Waals surface area (Å²) in [5.74, 6) is 0.752. The fourth-order valence-corrected chi connectivity index (χ4v) is 2.80. The first-order valence-electron chi connectivity index (χ1n) is 6.69. The van der Waals surface area contributed by atoms with Gasteiger partial charge in [0.15, 0.2) is 0 Å². The molecule has 0 aliphatic carbocycles. The van der Waals surface area contributed by atoms with E-state index in [1.807, 2.05) is 17.0 Å². The molecule has 1 fully saturated rings. The number of amides is 1. The number of hydrogen-bond acceptors (Lipinski definition) is 3. The number of rotatable bonds is 2. The first-order valence-corrected chi connectivity index (χ1v) is 7.48. The van der Waals surface area contributed by atoms with Crippen molar-refractivity contribution >= 4 is 21.8 Å². The molecule has 4 nitrogen and oxygen atoms in total. The third-order valence-corrected chi connectivity index (χ3v) is 4.70. The predicted octanol–water partition coefficient (Wildman–Crippen LogP) is 2.62. The van der Waals surface area contributed by atoms with Crippen molar-refractivity contribution in [2.75, 3.05) is 33.8 Å². The number of halogens is 1. The molecule has 0 bridgehead atoms. The summed E-state index contributed by atoms with van der Waals surface area (Å²) in [6, 6.07) is 5.49. The molecule has 0 saturated carbocycles. The molecule has 1 aliphatic heterocycles. The lowest BCUT2D eigenvalue weighted by molar-refractivity contribution is 0.0310. The molecule has 20 heavy (non-hydrogen) atoms. The van der Waals surface area contributed by atoms with E-state index in [-0.39, 0.29) is 11.4 Å². The second-order valence-electron chi connectivity index (χ2n) is 5.81. The molecular weight excluding hydrogens is 320 g/mol. The van der Waals surface area contributed by atoms with Crippen LogP contribution in [0, 0.1) is 0 Å². The maximum atomic E-state index is 12.7. The molecule has 1 amide bonds. The number of carbonyl (C=O) groups is 1. The van der Waals surface area contributed by atoms with Crippen LogP contribution in [0.25, 0.3) is 0 Å². The summed E-state index contributed by atoms with van der Waals surface area (Å²) in [4.78, 5) is 16.9. The van der Waals surface area contributed by atoms with E-state index in [4.69, 9.17) is 4.74 Å². The normalized spacial score (nSPS) is 18.9. The van der Waals surface area contributed by atoms with Gasteiger partial charge in [0.05, 0.1) is 12.7 Å². The zero-order valence-corrected chi connectivity index (χ0v) is 14.0.